The fraction of sp³-hybridized carbons (Fsp3) is 0.286. The van der Waals surface area contributed by atoms with Gasteiger partial charge >= 0.3 is 0 Å². The van der Waals surface area contributed by atoms with Crippen molar-refractivity contribution in [2.75, 3.05) is 20.1 Å². The molecule has 4 rings (SSSR count). The third-order valence-corrected chi connectivity index (χ3v) is 5.43. The molecule has 0 bridgehead atoms. The first-order chi connectivity index (χ1) is 12.1. The molecule has 0 unspecified atom stereocenters. The highest BCUT2D eigenvalue weighted by atomic mass is 35.5. The third-order valence-electron chi connectivity index (χ3n) is 5.20. The number of aromatic nitrogens is 1. The number of likely N-dealkylation sites (tertiary alicyclic amines) is 1. The molecule has 128 valence electrons. The van der Waals surface area contributed by atoms with Crippen LogP contribution < -0.4 is 0 Å². The molecule has 1 fully saturated rings. The van der Waals surface area contributed by atoms with Crippen LogP contribution in [0, 0.1) is 0 Å². The van der Waals surface area contributed by atoms with Crippen LogP contribution in [0.25, 0.3) is 10.9 Å². The maximum absolute atomic E-state index is 13.0. The molecule has 2 heterocycles. The molecule has 3 nitrogen and oxygen atoms in total. The number of piperidine rings is 1. The third kappa shape index (κ3) is 3.10. The van der Waals surface area contributed by atoms with Crippen molar-refractivity contribution in [2.24, 2.45) is 0 Å². The molecule has 0 saturated carbocycles. The molecule has 0 N–H and O–H groups in total. The number of carbonyl (C=O) groups is 1. The highest BCUT2D eigenvalue weighted by Gasteiger charge is 2.24. The van der Waals surface area contributed by atoms with E-state index in [0.29, 0.717) is 16.5 Å². The maximum Gasteiger partial charge on any atom is 0.262 e. The number of hydrogen-bond donors (Lipinski definition) is 0. The summed E-state index contributed by atoms with van der Waals surface area (Å²) < 4.78 is 1.79. The second kappa shape index (κ2) is 6.66. The Labute approximate surface area is 152 Å². The molecule has 1 aromatic heterocycles. The highest BCUT2D eigenvalue weighted by Crippen LogP contribution is 2.35. The average molecular weight is 353 g/mol. The van der Waals surface area contributed by atoms with E-state index in [1.54, 1.807) is 4.57 Å². The Balaban J connectivity index is 1.81. The maximum atomic E-state index is 13.0. The molecule has 1 saturated heterocycles. The summed E-state index contributed by atoms with van der Waals surface area (Å²) in [6.07, 6.45) is 4.26. The zero-order valence-electron chi connectivity index (χ0n) is 14.3. The molecule has 0 aliphatic carbocycles. The van der Waals surface area contributed by atoms with Crippen molar-refractivity contribution in [2.45, 2.75) is 18.8 Å². The van der Waals surface area contributed by atoms with Gasteiger partial charge in [-0.25, -0.2) is 0 Å². The van der Waals surface area contributed by atoms with Crippen molar-refractivity contribution in [1.29, 1.82) is 0 Å². The van der Waals surface area contributed by atoms with Gasteiger partial charge in [-0.05, 0) is 74.8 Å². The lowest BCUT2D eigenvalue weighted by Crippen LogP contribution is -2.29. The predicted molar refractivity (Wildman–Crippen MR) is 103 cm³/mol. The van der Waals surface area contributed by atoms with Crippen LogP contribution in [-0.2, 0) is 0 Å². The lowest BCUT2D eigenvalue weighted by molar-refractivity contribution is 0.0964. The van der Waals surface area contributed by atoms with Crippen molar-refractivity contribution in [1.82, 2.24) is 9.47 Å². The van der Waals surface area contributed by atoms with Crippen molar-refractivity contribution in [3.63, 3.8) is 0 Å². The average Bonchev–Trinajstić information content (AvgIpc) is 3.01. The van der Waals surface area contributed by atoms with Crippen LogP contribution in [0.2, 0.25) is 5.02 Å². The Morgan fingerprint density at radius 3 is 2.52 bits per heavy atom. The fourth-order valence-electron chi connectivity index (χ4n) is 3.76. The monoisotopic (exact) mass is 352 g/mol. The van der Waals surface area contributed by atoms with E-state index < -0.39 is 0 Å². The van der Waals surface area contributed by atoms with Gasteiger partial charge in [0.15, 0.2) is 0 Å². The summed E-state index contributed by atoms with van der Waals surface area (Å²) >= 11 is 6.26. The lowest BCUT2D eigenvalue weighted by Gasteiger charge is -2.28. The van der Waals surface area contributed by atoms with E-state index in [1.807, 2.05) is 54.7 Å². The Kier molecular flexibility index (Phi) is 4.36. The molecule has 0 amide bonds. The van der Waals surface area contributed by atoms with Gasteiger partial charge in [-0.1, -0.05) is 29.8 Å². The number of hydrogen-bond acceptors (Lipinski definition) is 2. The number of fused-ring (bicyclic) bond motifs is 1. The summed E-state index contributed by atoms with van der Waals surface area (Å²) in [5, 5.41) is 1.82. The van der Waals surface area contributed by atoms with E-state index in [0.717, 1.165) is 36.8 Å². The summed E-state index contributed by atoms with van der Waals surface area (Å²) in [4.78, 5) is 15.4. The van der Waals surface area contributed by atoms with Gasteiger partial charge in [0.25, 0.3) is 5.91 Å². The van der Waals surface area contributed by atoms with Crippen molar-refractivity contribution in [3.05, 3.63) is 70.9 Å². The minimum atomic E-state index is 0.00657. The normalized spacial score (nSPS) is 16.4. The van der Waals surface area contributed by atoms with Gasteiger partial charge in [0.2, 0.25) is 0 Å². The summed E-state index contributed by atoms with van der Waals surface area (Å²) in [6, 6.07) is 15.3. The topological polar surface area (TPSA) is 25.2 Å². The number of carbonyl (C=O) groups excluding carboxylic acids is 1. The van der Waals surface area contributed by atoms with Gasteiger partial charge in [-0.3, -0.25) is 9.36 Å². The van der Waals surface area contributed by atoms with Gasteiger partial charge in [-0.2, -0.15) is 0 Å². The van der Waals surface area contributed by atoms with Crippen molar-refractivity contribution >= 4 is 28.4 Å². The van der Waals surface area contributed by atoms with Crippen LogP contribution in [0.15, 0.2) is 54.7 Å². The van der Waals surface area contributed by atoms with Crippen LogP contribution in [0.4, 0.5) is 0 Å². The molecular formula is C21H21ClN2O. The predicted octanol–water partition coefficient (Wildman–Crippen LogP) is 4.79. The minimum Gasteiger partial charge on any atom is -0.306 e. The fourth-order valence-corrected chi connectivity index (χ4v) is 3.93. The van der Waals surface area contributed by atoms with E-state index >= 15 is 0 Å². The minimum absolute atomic E-state index is 0.00657. The molecule has 25 heavy (non-hydrogen) atoms. The number of halogens is 1. The SMILES string of the molecule is CN1CCC(c2cn(C(=O)c3ccccc3)c3ccc(Cl)cc23)CC1. The molecule has 3 aromatic rings. The Morgan fingerprint density at radius 2 is 1.80 bits per heavy atom. The first-order valence-electron chi connectivity index (χ1n) is 8.72. The largest absolute Gasteiger partial charge is 0.306 e. The van der Waals surface area contributed by atoms with E-state index in [-0.39, 0.29) is 5.91 Å². The van der Waals surface area contributed by atoms with E-state index in [1.165, 1.54) is 5.56 Å². The Hall–Kier alpha value is -2.10. The van der Waals surface area contributed by atoms with E-state index in [9.17, 15) is 4.79 Å². The van der Waals surface area contributed by atoms with Crippen molar-refractivity contribution < 1.29 is 4.79 Å². The Bertz CT molecular complexity index is 908. The van der Waals surface area contributed by atoms with Gasteiger partial charge in [0, 0.05) is 22.2 Å². The molecule has 0 radical (unpaired) electrons. The smallest absolute Gasteiger partial charge is 0.262 e. The molecule has 0 atom stereocenters. The molecule has 1 aliphatic rings. The van der Waals surface area contributed by atoms with Crippen LogP contribution >= 0.6 is 11.6 Å². The number of nitrogens with zero attached hydrogens (tertiary/aromatic N) is 2. The first kappa shape index (κ1) is 16.4. The molecule has 4 heteroatoms. The zero-order chi connectivity index (χ0) is 17.4. The summed E-state index contributed by atoms with van der Waals surface area (Å²) in [6.45, 7) is 2.18. The van der Waals surface area contributed by atoms with E-state index in [4.69, 9.17) is 11.6 Å². The second-order valence-corrected chi connectivity index (χ2v) is 7.30. The van der Waals surface area contributed by atoms with Gasteiger partial charge in [0.1, 0.15) is 0 Å². The van der Waals surface area contributed by atoms with Crippen LogP contribution in [-0.4, -0.2) is 35.5 Å². The Morgan fingerprint density at radius 1 is 1.08 bits per heavy atom. The quantitative estimate of drug-likeness (QED) is 0.662. The molecule has 0 spiro atoms. The van der Waals surface area contributed by atoms with Crippen LogP contribution in [0.1, 0.15) is 34.7 Å². The van der Waals surface area contributed by atoms with Crippen LogP contribution in [0.3, 0.4) is 0 Å². The van der Waals surface area contributed by atoms with Crippen LogP contribution in [0.5, 0.6) is 0 Å². The first-order valence-corrected chi connectivity index (χ1v) is 9.10. The van der Waals surface area contributed by atoms with Crippen molar-refractivity contribution in [3.8, 4) is 0 Å². The van der Waals surface area contributed by atoms with Gasteiger partial charge in [0.05, 0.1) is 5.52 Å². The summed E-state index contributed by atoms with van der Waals surface area (Å²) in [5.74, 6) is 0.481. The van der Waals surface area contributed by atoms with Gasteiger partial charge in [-0.15, -0.1) is 0 Å². The molecule has 1 aliphatic heterocycles. The summed E-state index contributed by atoms with van der Waals surface area (Å²) in [5.41, 5.74) is 2.88. The molecular weight excluding hydrogens is 332 g/mol. The molecule has 2 aromatic carbocycles. The second-order valence-electron chi connectivity index (χ2n) is 6.86. The van der Waals surface area contributed by atoms with E-state index in [2.05, 4.69) is 11.9 Å². The number of benzene rings is 2. The lowest BCUT2D eigenvalue weighted by atomic mass is 9.89. The highest BCUT2D eigenvalue weighted by molar-refractivity contribution is 6.31. The zero-order valence-corrected chi connectivity index (χ0v) is 15.0. The standard InChI is InChI=1S/C21H21ClN2O/c1-23-11-9-15(10-12-23)19-14-24(20-8-7-17(22)13-18(19)20)21(25)16-5-3-2-4-6-16/h2-8,13-15H,9-12H2,1H3. The summed E-state index contributed by atoms with van der Waals surface area (Å²) in [7, 11) is 2.16. The number of rotatable bonds is 2. The van der Waals surface area contributed by atoms with Gasteiger partial charge < -0.3 is 4.90 Å².